The highest BCUT2D eigenvalue weighted by Crippen LogP contribution is 2.33. The molecule has 0 saturated carbocycles. The Hall–Kier alpha value is -0.0000000000000000555. The van der Waals surface area contributed by atoms with Crippen molar-refractivity contribution >= 4 is 39.1 Å². The van der Waals surface area contributed by atoms with Crippen LogP contribution in [0.2, 0.25) is 10.0 Å². The molecule has 6 heteroatoms. The molecule has 0 spiro atoms. The lowest BCUT2D eigenvalue weighted by Crippen LogP contribution is -2.21. The Bertz CT molecular complexity index is 377. The molecule has 1 rings (SSSR count). The molecule has 0 bridgehead atoms. The Morgan fingerprint density at radius 2 is 1.94 bits per heavy atom. The van der Waals surface area contributed by atoms with Crippen molar-refractivity contribution < 1.29 is 9.47 Å². The molecule has 1 N–H and O–H groups in total. The molecule has 102 valence electrons. The van der Waals surface area contributed by atoms with Gasteiger partial charge in [-0.25, -0.2) is 0 Å². The number of hydrogen-bond donors (Lipinski definition) is 1. The van der Waals surface area contributed by atoms with E-state index in [1.807, 2.05) is 0 Å². The summed E-state index contributed by atoms with van der Waals surface area (Å²) in [6, 6.07) is 3.45. The third kappa shape index (κ3) is 5.76. The highest BCUT2D eigenvalue weighted by atomic mass is 79.9. The van der Waals surface area contributed by atoms with E-state index in [2.05, 4.69) is 21.2 Å². The van der Waals surface area contributed by atoms with Crippen molar-refractivity contribution in [1.82, 2.24) is 5.32 Å². The zero-order valence-corrected chi connectivity index (χ0v) is 13.2. The van der Waals surface area contributed by atoms with Gasteiger partial charge in [-0.2, -0.15) is 0 Å². The van der Waals surface area contributed by atoms with Crippen LogP contribution in [-0.4, -0.2) is 33.4 Å². The maximum absolute atomic E-state index is 6.04. The van der Waals surface area contributed by atoms with Crippen LogP contribution < -0.4 is 10.1 Å². The minimum Gasteiger partial charge on any atom is -0.492 e. The van der Waals surface area contributed by atoms with Crippen molar-refractivity contribution in [1.29, 1.82) is 0 Å². The summed E-state index contributed by atoms with van der Waals surface area (Å²) in [5.74, 6) is 0.613. The Morgan fingerprint density at radius 3 is 2.67 bits per heavy atom. The molecule has 0 aliphatic heterocycles. The molecule has 1 aromatic carbocycles. The summed E-state index contributed by atoms with van der Waals surface area (Å²) >= 11 is 15.3. The molecule has 1 aromatic rings. The summed E-state index contributed by atoms with van der Waals surface area (Å²) in [6.45, 7) is 3.04. The second-order valence-corrected chi connectivity index (χ2v) is 5.31. The van der Waals surface area contributed by atoms with Gasteiger partial charge in [-0.05, 0) is 35.0 Å². The van der Waals surface area contributed by atoms with E-state index in [1.165, 1.54) is 0 Å². The van der Waals surface area contributed by atoms with Crippen molar-refractivity contribution in [3.05, 3.63) is 26.7 Å². The zero-order valence-electron chi connectivity index (χ0n) is 10.1. The summed E-state index contributed by atoms with van der Waals surface area (Å²) in [6.07, 6.45) is 0.897. The molecule has 0 heterocycles. The fraction of sp³-hybridized carbons (Fsp3) is 0.500. The van der Waals surface area contributed by atoms with Crippen molar-refractivity contribution in [2.45, 2.75) is 6.42 Å². The molecule has 0 fully saturated rings. The Morgan fingerprint density at radius 1 is 1.17 bits per heavy atom. The van der Waals surface area contributed by atoms with Crippen LogP contribution in [0.25, 0.3) is 0 Å². The van der Waals surface area contributed by atoms with Crippen molar-refractivity contribution in [2.75, 3.05) is 33.4 Å². The minimum absolute atomic E-state index is 0.554. The quantitative estimate of drug-likeness (QED) is 0.568. The van der Waals surface area contributed by atoms with Crippen LogP contribution in [0.5, 0.6) is 5.75 Å². The maximum atomic E-state index is 6.04. The van der Waals surface area contributed by atoms with Crippen molar-refractivity contribution in [3.8, 4) is 5.75 Å². The summed E-state index contributed by atoms with van der Waals surface area (Å²) in [5.41, 5.74) is 0. The highest BCUT2D eigenvalue weighted by molar-refractivity contribution is 9.10. The summed E-state index contributed by atoms with van der Waals surface area (Å²) in [7, 11) is 1.68. The molecule has 18 heavy (non-hydrogen) atoms. The number of benzene rings is 1. The summed E-state index contributed by atoms with van der Waals surface area (Å²) < 4.78 is 11.3. The average Bonchev–Trinajstić information content (AvgIpc) is 2.34. The van der Waals surface area contributed by atoms with E-state index in [4.69, 9.17) is 32.7 Å². The maximum Gasteiger partial charge on any atom is 0.139 e. The van der Waals surface area contributed by atoms with Crippen molar-refractivity contribution in [3.63, 3.8) is 0 Å². The number of methoxy groups -OCH3 is 1. The van der Waals surface area contributed by atoms with Gasteiger partial charge in [-0.15, -0.1) is 0 Å². The lowest BCUT2D eigenvalue weighted by molar-refractivity contribution is 0.198. The van der Waals surface area contributed by atoms with E-state index >= 15 is 0 Å². The molecule has 0 aromatic heterocycles. The fourth-order valence-corrected chi connectivity index (χ4v) is 2.14. The van der Waals surface area contributed by atoms with E-state index < -0.39 is 0 Å². The number of hydrogen-bond acceptors (Lipinski definition) is 3. The molecular formula is C12H16BrCl2NO2. The molecule has 0 amide bonds. The first-order chi connectivity index (χ1) is 8.65. The molecule has 0 saturated heterocycles. The van der Waals surface area contributed by atoms with Crippen molar-refractivity contribution in [2.24, 2.45) is 0 Å². The first kappa shape index (κ1) is 16.1. The van der Waals surface area contributed by atoms with Gasteiger partial charge in [-0.1, -0.05) is 23.2 Å². The SMILES string of the molecule is COCCNCCCOc1cc(Cl)c(Br)cc1Cl. The van der Waals surface area contributed by atoms with Gasteiger partial charge >= 0.3 is 0 Å². The minimum atomic E-state index is 0.554. The first-order valence-electron chi connectivity index (χ1n) is 5.62. The van der Waals surface area contributed by atoms with Crippen LogP contribution in [-0.2, 0) is 4.74 Å². The van der Waals surface area contributed by atoms with Gasteiger partial charge in [-0.3, -0.25) is 0 Å². The van der Waals surface area contributed by atoms with Crippen LogP contribution in [0, 0.1) is 0 Å². The van der Waals surface area contributed by atoms with Crippen LogP contribution in [0.4, 0.5) is 0 Å². The van der Waals surface area contributed by atoms with E-state index in [0.717, 1.165) is 30.6 Å². The van der Waals surface area contributed by atoms with Gasteiger partial charge in [0.05, 0.1) is 23.3 Å². The van der Waals surface area contributed by atoms with Gasteiger partial charge < -0.3 is 14.8 Å². The smallest absolute Gasteiger partial charge is 0.139 e. The van der Waals surface area contributed by atoms with Gasteiger partial charge in [0.15, 0.2) is 0 Å². The van der Waals surface area contributed by atoms with E-state index in [9.17, 15) is 0 Å². The van der Waals surface area contributed by atoms with E-state index in [0.29, 0.717) is 22.4 Å². The number of ether oxygens (including phenoxy) is 2. The zero-order chi connectivity index (χ0) is 13.4. The van der Waals surface area contributed by atoms with Crippen LogP contribution in [0.15, 0.2) is 16.6 Å². The lowest BCUT2D eigenvalue weighted by atomic mass is 10.3. The number of halogens is 3. The number of nitrogens with one attached hydrogen (secondary N) is 1. The third-order valence-electron chi connectivity index (χ3n) is 2.21. The van der Waals surface area contributed by atoms with Crippen LogP contribution in [0.1, 0.15) is 6.42 Å². The molecule has 0 unspecified atom stereocenters. The monoisotopic (exact) mass is 355 g/mol. The van der Waals surface area contributed by atoms with Gasteiger partial charge in [0.1, 0.15) is 5.75 Å². The Labute approximate surface area is 126 Å². The van der Waals surface area contributed by atoms with Gasteiger partial charge in [0.25, 0.3) is 0 Å². The second kappa shape index (κ2) is 8.99. The molecule has 3 nitrogen and oxygen atoms in total. The van der Waals surface area contributed by atoms with Gasteiger partial charge in [0.2, 0.25) is 0 Å². The largest absolute Gasteiger partial charge is 0.492 e. The van der Waals surface area contributed by atoms with E-state index in [-0.39, 0.29) is 0 Å². The highest BCUT2D eigenvalue weighted by Gasteiger charge is 2.06. The van der Waals surface area contributed by atoms with Crippen LogP contribution in [0.3, 0.4) is 0 Å². The van der Waals surface area contributed by atoms with Crippen LogP contribution >= 0.6 is 39.1 Å². The normalized spacial score (nSPS) is 10.7. The molecule has 0 aliphatic carbocycles. The Kier molecular flexibility index (Phi) is 8.02. The van der Waals surface area contributed by atoms with E-state index in [1.54, 1.807) is 19.2 Å². The summed E-state index contributed by atoms with van der Waals surface area (Å²) in [4.78, 5) is 0. The standard InChI is InChI=1S/C12H16BrCl2NO2/c1-17-6-4-16-3-2-5-18-12-8-10(14)9(13)7-11(12)15/h7-8,16H,2-6H2,1H3. The Balaban J connectivity index is 2.25. The topological polar surface area (TPSA) is 30.5 Å². The first-order valence-corrected chi connectivity index (χ1v) is 7.17. The molecule has 0 radical (unpaired) electrons. The molecule has 0 atom stereocenters. The molecular weight excluding hydrogens is 341 g/mol. The average molecular weight is 357 g/mol. The predicted octanol–water partition coefficient (Wildman–Crippen LogP) is 3.76. The fourth-order valence-electron chi connectivity index (χ4n) is 1.29. The predicted molar refractivity (Wildman–Crippen MR) is 79.0 cm³/mol. The molecule has 0 aliphatic rings. The number of rotatable bonds is 8. The third-order valence-corrected chi connectivity index (χ3v) is 3.71. The second-order valence-electron chi connectivity index (χ2n) is 3.64. The van der Waals surface area contributed by atoms with Gasteiger partial charge in [0, 0.05) is 24.2 Å². The lowest BCUT2D eigenvalue weighted by Gasteiger charge is -2.09. The summed E-state index contributed by atoms with van der Waals surface area (Å²) in [5, 5.41) is 4.38.